The molecule has 0 aromatic heterocycles. The highest BCUT2D eigenvalue weighted by atomic mass is 16.2. The summed E-state index contributed by atoms with van der Waals surface area (Å²) < 4.78 is 0. The number of anilines is 2. The lowest BCUT2D eigenvalue weighted by molar-refractivity contribution is 0.359. The Morgan fingerprint density at radius 1 is 1.21 bits per heavy atom. The van der Waals surface area contributed by atoms with E-state index in [0.29, 0.717) is 0 Å². The van der Waals surface area contributed by atoms with Crippen molar-refractivity contribution in [3.8, 4) is 0 Å². The molecule has 0 fully saturated rings. The minimum atomic E-state index is -0.575. The third kappa shape index (κ3) is 1.64. The van der Waals surface area contributed by atoms with Crippen LogP contribution in [0, 0.1) is 5.41 Å². The largest absolute Gasteiger partial charge is 0.394 e. The van der Waals surface area contributed by atoms with Crippen LogP contribution in [0.25, 0.3) is 0 Å². The number of hydrogen-bond donors (Lipinski definition) is 2. The zero-order valence-corrected chi connectivity index (χ0v) is 8.97. The molecule has 0 aliphatic carbocycles. The normalized spacial score (nSPS) is 14.3. The summed E-state index contributed by atoms with van der Waals surface area (Å²) in [5.41, 5.74) is 4.67. The Morgan fingerprint density at radius 3 is 2.07 bits per heavy atom. The Balaban J connectivity index is 2.83. The van der Waals surface area contributed by atoms with Gasteiger partial charge in [0.2, 0.25) is 0 Å². The predicted molar refractivity (Wildman–Crippen MR) is 58.3 cm³/mol. The Morgan fingerprint density at radius 2 is 1.71 bits per heavy atom. The van der Waals surface area contributed by atoms with Crippen molar-refractivity contribution >= 4 is 11.4 Å². The van der Waals surface area contributed by atoms with Crippen LogP contribution in [0.3, 0.4) is 0 Å². The highest BCUT2D eigenvalue weighted by molar-refractivity contribution is 5.71. The van der Waals surface area contributed by atoms with Crippen molar-refractivity contribution in [2.24, 2.45) is 5.41 Å². The second kappa shape index (κ2) is 3.12. The van der Waals surface area contributed by atoms with Gasteiger partial charge < -0.3 is 11.1 Å². The van der Waals surface area contributed by atoms with E-state index in [0.717, 1.165) is 0 Å². The van der Waals surface area contributed by atoms with Crippen LogP contribution >= 0.6 is 0 Å². The lowest BCUT2D eigenvalue weighted by atomic mass is 9.87. The van der Waals surface area contributed by atoms with Crippen molar-refractivity contribution in [1.29, 1.82) is 0 Å². The minimum Gasteiger partial charge on any atom is -0.394 e. The maximum Gasteiger partial charge on any atom is 0.253 e. The maximum absolute atomic E-state index is 11.1. The van der Waals surface area contributed by atoms with Gasteiger partial charge in [0.15, 0.2) is 0 Å². The number of nitrogens with one attached hydrogen (secondary N) is 1. The van der Waals surface area contributed by atoms with Crippen LogP contribution < -0.4 is 21.9 Å². The summed E-state index contributed by atoms with van der Waals surface area (Å²) in [6.07, 6.45) is 0. The average molecular weight is 196 g/mol. The van der Waals surface area contributed by atoms with Gasteiger partial charge in [-0.2, -0.15) is 0 Å². The van der Waals surface area contributed by atoms with Crippen LogP contribution in [-0.4, -0.2) is 6.04 Å². The first kappa shape index (κ1) is 10.8. The molecular formula is C10H16N2O2. The van der Waals surface area contributed by atoms with Gasteiger partial charge in [-0.25, -0.2) is 0 Å². The summed E-state index contributed by atoms with van der Waals surface area (Å²) in [5.74, 6) is 0. The fraction of sp³-hybridized carbons (Fsp3) is 0.600. The van der Waals surface area contributed by atoms with Crippen LogP contribution in [0.4, 0.5) is 11.4 Å². The van der Waals surface area contributed by atoms with Crippen LogP contribution in [0.15, 0.2) is 9.59 Å². The second-order valence-corrected chi connectivity index (χ2v) is 4.68. The first-order valence-corrected chi connectivity index (χ1v) is 4.60. The highest BCUT2D eigenvalue weighted by Crippen LogP contribution is 2.23. The molecule has 0 unspecified atom stereocenters. The van der Waals surface area contributed by atoms with E-state index in [1.54, 1.807) is 0 Å². The molecule has 0 radical (unpaired) electrons. The first-order chi connectivity index (χ1) is 6.25. The summed E-state index contributed by atoms with van der Waals surface area (Å²) in [4.78, 5) is 21.9. The fourth-order valence-electron chi connectivity index (χ4n) is 0.985. The van der Waals surface area contributed by atoms with E-state index < -0.39 is 10.9 Å². The van der Waals surface area contributed by atoms with Crippen LogP contribution in [0.1, 0.15) is 27.7 Å². The van der Waals surface area contributed by atoms with Gasteiger partial charge in [0.1, 0.15) is 11.4 Å². The molecule has 4 heteroatoms. The van der Waals surface area contributed by atoms with E-state index >= 15 is 0 Å². The molecule has 1 atom stereocenters. The van der Waals surface area contributed by atoms with Crippen LogP contribution in [-0.2, 0) is 0 Å². The third-order valence-corrected chi connectivity index (χ3v) is 2.61. The van der Waals surface area contributed by atoms with Gasteiger partial charge >= 0.3 is 0 Å². The van der Waals surface area contributed by atoms with Crippen molar-refractivity contribution in [2.45, 2.75) is 33.7 Å². The molecule has 0 saturated carbocycles. The van der Waals surface area contributed by atoms with Crippen molar-refractivity contribution in [2.75, 3.05) is 11.1 Å². The van der Waals surface area contributed by atoms with Crippen molar-refractivity contribution in [3.05, 3.63) is 20.4 Å². The zero-order valence-electron chi connectivity index (χ0n) is 8.97. The van der Waals surface area contributed by atoms with Gasteiger partial charge in [0.05, 0.1) is 0 Å². The van der Waals surface area contributed by atoms with E-state index in [1.807, 2.05) is 27.7 Å². The van der Waals surface area contributed by atoms with Gasteiger partial charge in [-0.1, -0.05) is 20.8 Å². The molecule has 0 aliphatic rings. The lowest BCUT2D eigenvalue weighted by Crippen LogP contribution is -2.41. The fourth-order valence-corrected chi connectivity index (χ4v) is 0.985. The van der Waals surface area contributed by atoms with Gasteiger partial charge in [-0.3, -0.25) is 9.59 Å². The number of rotatable bonds is 2. The molecule has 3 N–H and O–H groups in total. The van der Waals surface area contributed by atoms with E-state index in [2.05, 4.69) is 5.32 Å². The van der Waals surface area contributed by atoms with Gasteiger partial charge in [-0.05, 0) is 12.3 Å². The lowest BCUT2D eigenvalue weighted by Gasteiger charge is -2.29. The molecule has 0 amide bonds. The van der Waals surface area contributed by atoms with E-state index in [9.17, 15) is 9.59 Å². The highest BCUT2D eigenvalue weighted by Gasteiger charge is 2.25. The third-order valence-electron chi connectivity index (χ3n) is 2.61. The first-order valence-electron chi connectivity index (χ1n) is 4.60. The molecule has 78 valence electrons. The van der Waals surface area contributed by atoms with Gasteiger partial charge in [-0.15, -0.1) is 0 Å². The smallest absolute Gasteiger partial charge is 0.253 e. The number of hydrogen-bond acceptors (Lipinski definition) is 4. The standard InChI is InChI=1S/C10H16N2O2/c1-5(10(2,3)4)12-7-6(11)8(13)9(7)14/h5,12H,11H2,1-4H3/t5-/m0/s1. The van der Waals surface area contributed by atoms with E-state index in [-0.39, 0.29) is 22.8 Å². The Bertz CT molecular complexity index is 408. The molecule has 0 saturated heterocycles. The van der Waals surface area contributed by atoms with Crippen molar-refractivity contribution in [3.63, 3.8) is 0 Å². The van der Waals surface area contributed by atoms with Crippen LogP contribution in [0.2, 0.25) is 0 Å². The maximum atomic E-state index is 11.1. The summed E-state index contributed by atoms with van der Waals surface area (Å²) >= 11 is 0. The number of nitrogens with two attached hydrogens (primary N) is 1. The van der Waals surface area contributed by atoms with E-state index in [1.165, 1.54) is 0 Å². The molecular weight excluding hydrogens is 180 g/mol. The molecule has 0 bridgehead atoms. The predicted octanol–water partition coefficient (Wildman–Crippen LogP) is 0.711. The average Bonchev–Trinajstić information content (AvgIpc) is 2.10. The monoisotopic (exact) mass is 196 g/mol. The second-order valence-electron chi connectivity index (χ2n) is 4.68. The molecule has 14 heavy (non-hydrogen) atoms. The molecule has 0 aliphatic heterocycles. The van der Waals surface area contributed by atoms with E-state index in [4.69, 9.17) is 5.73 Å². The van der Waals surface area contributed by atoms with Gasteiger partial charge in [0.25, 0.3) is 10.9 Å². The van der Waals surface area contributed by atoms with Crippen molar-refractivity contribution < 1.29 is 0 Å². The molecule has 0 spiro atoms. The topological polar surface area (TPSA) is 72.2 Å². The summed E-state index contributed by atoms with van der Waals surface area (Å²) in [7, 11) is 0. The molecule has 1 aromatic rings. The minimum absolute atomic E-state index is 0.0200. The zero-order chi connectivity index (χ0) is 11.1. The Kier molecular flexibility index (Phi) is 2.39. The molecule has 1 aromatic carbocycles. The van der Waals surface area contributed by atoms with Gasteiger partial charge in [0, 0.05) is 6.04 Å². The Labute approximate surface area is 82.8 Å². The van der Waals surface area contributed by atoms with Crippen LogP contribution in [0.5, 0.6) is 0 Å². The molecule has 4 nitrogen and oxygen atoms in total. The van der Waals surface area contributed by atoms with Crippen molar-refractivity contribution in [1.82, 2.24) is 0 Å². The summed E-state index contributed by atoms with van der Waals surface area (Å²) in [6.45, 7) is 8.10. The quantitative estimate of drug-likeness (QED) is 0.683. The summed E-state index contributed by atoms with van der Waals surface area (Å²) in [6, 6.07) is 0.0908. The Hall–Kier alpha value is -1.32. The summed E-state index contributed by atoms with van der Waals surface area (Å²) in [5, 5.41) is 2.97. The number of nitrogen functional groups attached to an aromatic ring is 1. The molecule has 0 heterocycles. The molecule has 1 rings (SSSR count). The SMILES string of the molecule is C[C@H](Nc1c(N)c(=O)c1=O)C(C)(C)C.